The Morgan fingerprint density at radius 3 is 2.60 bits per heavy atom. The maximum Gasteiger partial charge on any atom is 0.248 e. The Kier molecular flexibility index (Phi) is 10.3. The van der Waals surface area contributed by atoms with E-state index in [1.807, 2.05) is 6.92 Å². The van der Waals surface area contributed by atoms with Gasteiger partial charge in [-0.15, -0.1) is 0 Å². The lowest BCUT2D eigenvalue weighted by Gasteiger charge is -2.21. The molecule has 0 aliphatic rings. The number of alkyl halides is 1. The molecule has 0 aromatic rings. The molecule has 0 aromatic heterocycles. The maximum absolute atomic E-state index is 11.6. The van der Waals surface area contributed by atoms with E-state index in [4.69, 9.17) is 9.47 Å². The number of carbonyl (C=O) groups is 1. The number of methoxy groups -OCH3 is 1. The summed E-state index contributed by atoms with van der Waals surface area (Å²) in [4.78, 5) is 13.4. The standard InChI is InChI=1S/C10H20BrNO3/c1-3-7-15-9-10(13)12(5-4-11)6-8-14-2/h3-9H2,1-2H3. The van der Waals surface area contributed by atoms with Gasteiger partial charge < -0.3 is 14.4 Å². The van der Waals surface area contributed by atoms with Crippen molar-refractivity contribution in [2.24, 2.45) is 0 Å². The molecule has 0 rings (SSSR count). The molecular formula is C10H20BrNO3. The Morgan fingerprint density at radius 2 is 2.07 bits per heavy atom. The molecule has 0 unspecified atom stereocenters. The predicted molar refractivity (Wildman–Crippen MR) is 63.4 cm³/mol. The third-order valence-corrected chi connectivity index (χ3v) is 2.20. The quantitative estimate of drug-likeness (QED) is 0.472. The molecule has 0 aliphatic heterocycles. The Labute approximate surface area is 100 Å². The Balaban J connectivity index is 3.81. The van der Waals surface area contributed by atoms with Crippen molar-refractivity contribution < 1.29 is 14.3 Å². The molecule has 0 aromatic carbocycles. The van der Waals surface area contributed by atoms with E-state index in [9.17, 15) is 4.79 Å². The van der Waals surface area contributed by atoms with Gasteiger partial charge in [0.15, 0.2) is 0 Å². The summed E-state index contributed by atoms with van der Waals surface area (Å²) in [6.07, 6.45) is 0.934. The topological polar surface area (TPSA) is 38.8 Å². The fourth-order valence-corrected chi connectivity index (χ4v) is 1.49. The molecule has 5 heteroatoms. The van der Waals surface area contributed by atoms with Crippen LogP contribution in [0.25, 0.3) is 0 Å². The van der Waals surface area contributed by atoms with Crippen molar-refractivity contribution in [3.63, 3.8) is 0 Å². The van der Waals surface area contributed by atoms with Crippen molar-refractivity contribution in [3.8, 4) is 0 Å². The van der Waals surface area contributed by atoms with Gasteiger partial charge in [-0.2, -0.15) is 0 Å². The summed E-state index contributed by atoms with van der Waals surface area (Å²) in [6.45, 7) is 4.70. The molecule has 0 saturated heterocycles. The second kappa shape index (κ2) is 10.4. The maximum atomic E-state index is 11.6. The monoisotopic (exact) mass is 281 g/mol. The van der Waals surface area contributed by atoms with Gasteiger partial charge in [-0.05, 0) is 6.42 Å². The van der Waals surface area contributed by atoms with Gasteiger partial charge in [-0.1, -0.05) is 22.9 Å². The third-order valence-electron chi connectivity index (χ3n) is 1.85. The first-order chi connectivity index (χ1) is 7.26. The third kappa shape index (κ3) is 7.76. The van der Waals surface area contributed by atoms with E-state index in [1.54, 1.807) is 12.0 Å². The fraction of sp³-hybridized carbons (Fsp3) is 0.900. The Morgan fingerprint density at radius 1 is 1.33 bits per heavy atom. The van der Waals surface area contributed by atoms with Crippen LogP contribution in [0.15, 0.2) is 0 Å². The van der Waals surface area contributed by atoms with Gasteiger partial charge in [0.2, 0.25) is 5.91 Å². The number of halogens is 1. The number of hydrogen-bond donors (Lipinski definition) is 0. The first-order valence-electron chi connectivity index (χ1n) is 5.16. The summed E-state index contributed by atoms with van der Waals surface area (Å²) in [5.74, 6) is 0.0277. The number of rotatable bonds is 9. The molecule has 1 amide bonds. The fourth-order valence-electron chi connectivity index (χ4n) is 1.06. The molecule has 0 aliphatic carbocycles. The van der Waals surface area contributed by atoms with Crippen LogP contribution in [0.5, 0.6) is 0 Å². The van der Waals surface area contributed by atoms with Crippen molar-refractivity contribution in [2.75, 3.05) is 45.4 Å². The van der Waals surface area contributed by atoms with E-state index >= 15 is 0 Å². The zero-order chi connectivity index (χ0) is 11.5. The second-order valence-electron chi connectivity index (χ2n) is 3.12. The van der Waals surface area contributed by atoms with Crippen LogP contribution in [-0.2, 0) is 14.3 Å². The van der Waals surface area contributed by atoms with Crippen LogP contribution in [0.2, 0.25) is 0 Å². The molecule has 0 radical (unpaired) electrons. The van der Waals surface area contributed by atoms with Gasteiger partial charge >= 0.3 is 0 Å². The van der Waals surface area contributed by atoms with Gasteiger partial charge in [0.25, 0.3) is 0 Å². The van der Waals surface area contributed by atoms with Gasteiger partial charge in [0.1, 0.15) is 6.61 Å². The minimum absolute atomic E-state index is 0.0277. The summed E-state index contributed by atoms with van der Waals surface area (Å²) in [7, 11) is 1.63. The Hall–Kier alpha value is -0.130. The number of amides is 1. The largest absolute Gasteiger partial charge is 0.383 e. The van der Waals surface area contributed by atoms with Crippen LogP contribution in [0.4, 0.5) is 0 Å². The van der Waals surface area contributed by atoms with E-state index in [1.165, 1.54) is 0 Å². The SMILES string of the molecule is CCCOCC(=O)N(CCBr)CCOC. The minimum Gasteiger partial charge on any atom is -0.383 e. The molecule has 0 bridgehead atoms. The summed E-state index contributed by atoms with van der Waals surface area (Å²) in [5.41, 5.74) is 0. The molecule has 90 valence electrons. The summed E-state index contributed by atoms with van der Waals surface area (Å²) in [6, 6.07) is 0. The molecule has 0 heterocycles. The van der Waals surface area contributed by atoms with E-state index in [-0.39, 0.29) is 12.5 Å². The molecule has 15 heavy (non-hydrogen) atoms. The zero-order valence-corrected chi connectivity index (χ0v) is 11.1. The lowest BCUT2D eigenvalue weighted by molar-refractivity contribution is -0.136. The highest BCUT2D eigenvalue weighted by Crippen LogP contribution is 1.94. The van der Waals surface area contributed by atoms with Gasteiger partial charge in [-0.3, -0.25) is 4.79 Å². The first-order valence-corrected chi connectivity index (χ1v) is 6.28. The lowest BCUT2D eigenvalue weighted by atomic mass is 10.4. The van der Waals surface area contributed by atoms with Crippen LogP contribution in [0.3, 0.4) is 0 Å². The van der Waals surface area contributed by atoms with Crippen LogP contribution in [-0.4, -0.2) is 56.2 Å². The summed E-state index contributed by atoms with van der Waals surface area (Å²) in [5, 5.41) is 0.774. The van der Waals surface area contributed by atoms with Crippen molar-refractivity contribution in [1.29, 1.82) is 0 Å². The van der Waals surface area contributed by atoms with Crippen LogP contribution in [0.1, 0.15) is 13.3 Å². The van der Waals surface area contributed by atoms with Gasteiger partial charge in [0.05, 0.1) is 6.61 Å². The number of ether oxygens (including phenoxy) is 2. The summed E-state index contributed by atoms with van der Waals surface area (Å²) < 4.78 is 10.1. The van der Waals surface area contributed by atoms with Crippen molar-refractivity contribution in [3.05, 3.63) is 0 Å². The normalized spacial score (nSPS) is 10.3. The highest BCUT2D eigenvalue weighted by atomic mass is 79.9. The lowest BCUT2D eigenvalue weighted by Crippen LogP contribution is -2.37. The van der Waals surface area contributed by atoms with Gasteiger partial charge in [0, 0.05) is 32.1 Å². The van der Waals surface area contributed by atoms with Gasteiger partial charge in [-0.25, -0.2) is 0 Å². The van der Waals surface area contributed by atoms with E-state index < -0.39 is 0 Å². The zero-order valence-electron chi connectivity index (χ0n) is 9.50. The van der Waals surface area contributed by atoms with Crippen molar-refractivity contribution in [2.45, 2.75) is 13.3 Å². The van der Waals surface area contributed by atoms with Crippen molar-refractivity contribution >= 4 is 21.8 Å². The number of carbonyl (C=O) groups excluding carboxylic acids is 1. The molecule has 0 atom stereocenters. The molecule has 0 spiro atoms. The van der Waals surface area contributed by atoms with Crippen LogP contribution < -0.4 is 0 Å². The second-order valence-corrected chi connectivity index (χ2v) is 3.91. The number of hydrogen-bond acceptors (Lipinski definition) is 3. The first kappa shape index (κ1) is 14.9. The highest BCUT2D eigenvalue weighted by Gasteiger charge is 2.11. The predicted octanol–water partition coefficient (Wildman–Crippen LogP) is 1.28. The number of nitrogens with zero attached hydrogens (tertiary/aromatic N) is 1. The molecule has 0 saturated carbocycles. The minimum atomic E-state index is 0.0277. The summed E-state index contributed by atoms with van der Waals surface area (Å²) >= 11 is 3.32. The molecule has 4 nitrogen and oxygen atoms in total. The highest BCUT2D eigenvalue weighted by molar-refractivity contribution is 9.09. The molecular weight excluding hydrogens is 262 g/mol. The Bertz CT molecular complexity index is 167. The average molecular weight is 282 g/mol. The van der Waals surface area contributed by atoms with E-state index in [0.717, 1.165) is 11.8 Å². The van der Waals surface area contributed by atoms with Crippen LogP contribution >= 0.6 is 15.9 Å². The van der Waals surface area contributed by atoms with Crippen molar-refractivity contribution in [1.82, 2.24) is 4.90 Å². The van der Waals surface area contributed by atoms with E-state index in [0.29, 0.717) is 26.3 Å². The van der Waals surface area contributed by atoms with E-state index in [2.05, 4.69) is 15.9 Å². The molecule has 0 N–H and O–H groups in total. The smallest absolute Gasteiger partial charge is 0.248 e. The molecule has 0 fully saturated rings. The average Bonchev–Trinajstić information content (AvgIpc) is 2.24. The van der Waals surface area contributed by atoms with Crippen LogP contribution in [0, 0.1) is 0 Å².